The summed E-state index contributed by atoms with van der Waals surface area (Å²) in [6, 6.07) is 2.46. The number of aromatic nitrogens is 1. The van der Waals surface area contributed by atoms with Crippen LogP contribution in [0.25, 0.3) is 0 Å². The molecule has 1 aliphatic rings. The first-order chi connectivity index (χ1) is 8.09. The van der Waals surface area contributed by atoms with E-state index in [1.54, 1.807) is 6.20 Å². The number of pyridine rings is 1. The van der Waals surface area contributed by atoms with Crippen LogP contribution in [0.3, 0.4) is 0 Å². The number of aryl methyl sites for hydroxylation is 1. The van der Waals surface area contributed by atoms with E-state index in [1.165, 1.54) is 0 Å². The topological polar surface area (TPSA) is 71.2 Å². The van der Waals surface area contributed by atoms with Crippen molar-refractivity contribution in [3.63, 3.8) is 0 Å². The van der Waals surface area contributed by atoms with Gasteiger partial charge in [0, 0.05) is 19.6 Å². The number of hydrogen-bond acceptors (Lipinski definition) is 4. The Hall–Kier alpha value is -1.62. The molecule has 1 saturated heterocycles. The van der Waals surface area contributed by atoms with Crippen LogP contribution in [0.2, 0.25) is 0 Å². The number of nitrogens with one attached hydrogen (secondary N) is 1. The molecule has 0 aromatic carbocycles. The minimum Gasteiger partial charge on any atom is -0.369 e. The molecule has 1 aromatic rings. The summed E-state index contributed by atoms with van der Waals surface area (Å²) in [7, 11) is 2.05. The third-order valence-corrected chi connectivity index (χ3v) is 3.29. The third kappa shape index (κ3) is 2.39. The SMILES string of the molecule is Cc1cc(N(C)[C@@H]2CCNC2)cnc1C(N)=O. The van der Waals surface area contributed by atoms with Crippen molar-refractivity contribution < 1.29 is 4.79 Å². The van der Waals surface area contributed by atoms with Crippen LogP contribution in [0.1, 0.15) is 22.5 Å². The van der Waals surface area contributed by atoms with Gasteiger partial charge in [-0.05, 0) is 31.5 Å². The lowest BCUT2D eigenvalue weighted by Gasteiger charge is -2.26. The number of primary amides is 1. The van der Waals surface area contributed by atoms with Gasteiger partial charge in [-0.3, -0.25) is 4.79 Å². The molecule has 0 unspecified atom stereocenters. The first-order valence-corrected chi connectivity index (χ1v) is 5.79. The predicted octanol–water partition coefficient (Wildman–Crippen LogP) is 0.287. The maximum atomic E-state index is 11.1. The van der Waals surface area contributed by atoms with E-state index in [0.717, 1.165) is 30.8 Å². The molecule has 5 heteroatoms. The number of anilines is 1. The van der Waals surface area contributed by atoms with E-state index >= 15 is 0 Å². The van der Waals surface area contributed by atoms with E-state index in [1.807, 2.05) is 13.0 Å². The Labute approximate surface area is 101 Å². The number of rotatable bonds is 3. The van der Waals surface area contributed by atoms with Gasteiger partial charge in [0.15, 0.2) is 0 Å². The summed E-state index contributed by atoms with van der Waals surface area (Å²) in [6.07, 6.45) is 2.85. The summed E-state index contributed by atoms with van der Waals surface area (Å²) < 4.78 is 0. The highest BCUT2D eigenvalue weighted by atomic mass is 16.1. The number of nitrogens with zero attached hydrogens (tertiary/aromatic N) is 2. The normalized spacial score (nSPS) is 19.3. The van der Waals surface area contributed by atoms with Crippen LogP contribution in [-0.2, 0) is 0 Å². The maximum Gasteiger partial charge on any atom is 0.267 e. The molecule has 0 saturated carbocycles. The van der Waals surface area contributed by atoms with Crippen molar-refractivity contribution >= 4 is 11.6 Å². The van der Waals surface area contributed by atoms with Gasteiger partial charge in [0.05, 0.1) is 11.9 Å². The van der Waals surface area contributed by atoms with E-state index in [4.69, 9.17) is 5.73 Å². The van der Waals surface area contributed by atoms with Crippen LogP contribution < -0.4 is 16.0 Å². The second-order valence-electron chi connectivity index (χ2n) is 4.48. The van der Waals surface area contributed by atoms with Crippen molar-refractivity contribution in [3.05, 3.63) is 23.5 Å². The number of amides is 1. The molecule has 17 heavy (non-hydrogen) atoms. The fourth-order valence-electron chi connectivity index (χ4n) is 2.19. The molecule has 92 valence electrons. The molecule has 0 spiro atoms. The standard InChI is InChI=1S/C12H18N4O/c1-8-5-10(7-15-11(8)12(13)17)16(2)9-3-4-14-6-9/h5,7,9,14H,3-4,6H2,1-2H3,(H2,13,17)/t9-/m1/s1. The molecule has 1 fully saturated rings. The summed E-state index contributed by atoms with van der Waals surface area (Å²) in [5.74, 6) is -0.473. The average molecular weight is 234 g/mol. The number of likely N-dealkylation sites (N-methyl/N-ethyl adjacent to an activating group) is 1. The zero-order chi connectivity index (χ0) is 12.4. The van der Waals surface area contributed by atoms with Crippen LogP contribution >= 0.6 is 0 Å². The molecular formula is C12H18N4O. The minimum absolute atomic E-state index is 0.353. The monoisotopic (exact) mass is 234 g/mol. The van der Waals surface area contributed by atoms with E-state index in [-0.39, 0.29) is 0 Å². The minimum atomic E-state index is -0.473. The first-order valence-electron chi connectivity index (χ1n) is 5.79. The number of carbonyl (C=O) groups is 1. The molecule has 0 aliphatic carbocycles. The summed E-state index contributed by atoms with van der Waals surface area (Å²) in [4.78, 5) is 17.4. The Kier molecular flexibility index (Phi) is 3.28. The smallest absolute Gasteiger partial charge is 0.267 e. The molecule has 5 nitrogen and oxygen atoms in total. The summed E-state index contributed by atoms with van der Waals surface area (Å²) in [5.41, 5.74) is 7.45. The molecule has 0 bridgehead atoms. The van der Waals surface area contributed by atoms with Crippen molar-refractivity contribution in [3.8, 4) is 0 Å². The lowest BCUT2D eigenvalue weighted by molar-refractivity contribution is 0.0995. The number of carbonyl (C=O) groups excluding carboxylic acids is 1. The Bertz CT molecular complexity index is 427. The van der Waals surface area contributed by atoms with E-state index in [2.05, 4.69) is 22.2 Å². The Morgan fingerprint density at radius 2 is 2.41 bits per heavy atom. The lowest BCUT2D eigenvalue weighted by Crippen LogP contribution is -2.33. The van der Waals surface area contributed by atoms with Gasteiger partial charge in [-0.25, -0.2) is 4.98 Å². The van der Waals surface area contributed by atoms with Gasteiger partial charge in [-0.15, -0.1) is 0 Å². The van der Waals surface area contributed by atoms with Crippen LogP contribution in [0.5, 0.6) is 0 Å². The van der Waals surface area contributed by atoms with Gasteiger partial charge in [-0.1, -0.05) is 0 Å². The van der Waals surface area contributed by atoms with Crippen molar-refractivity contribution in [2.75, 3.05) is 25.0 Å². The zero-order valence-electron chi connectivity index (χ0n) is 10.2. The number of nitrogens with two attached hydrogens (primary N) is 1. The Morgan fingerprint density at radius 3 is 2.94 bits per heavy atom. The van der Waals surface area contributed by atoms with Crippen LogP contribution in [0, 0.1) is 6.92 Å². The average Bonchev–Trinajstić information content (AvgIpc) is 2.80. The van der Waals surface area contributed by atoms with Crippen LogP contribution in [-0.4, -0.2) is 37.1 Å². The van der Waals surface area contributed by atoms with Gasteiger partial charge in [0.25, 0.3) is 5.91 Å². The van der Waals surface area contributed by atoms with Gasteiger partial charge in [0.1, 0.15) is 5.69 Å². The quantitative estimate of drug-likeness (QED) is 0.788. The summed E-state index contributed by atoms with van der Waals surface area (Å²) >= 11 is 0. The van der Waals surface area contributed by atoms with Crippen molar-refractivity contribution in [1.82, 2.24) is 10.3 Å². The van der Waals surface area contributed by atoms with Crippen molar-refractivity contribution in [2.45, 2.75) is 19.4 Å². The molecule has 1 aliphatic heterocycles. The Morgan fingerprint density at radius 1 is 1.65 bits per heavy atom. The molecule has 1 aromatic heterocycles. The second kappa shape index (κ2) is 4.71. The highest BCUT2D eigenvalue weighted by Crippen LogP contribution is 2.19. The predicted molar refractivity (Wildman–Crippen MR) is 67.2 cm³/mol. The van der Waals surface area contributed by atoms with Crippen molar-refractivity contribution in [2.24, 2.45) is 5.73 Å². The van der Waals surface area contributed by atoms with Gasteiger partial charge >= 0.3 is 0 Å². The maximum absolute atomic E-state index is 11.1. The van der Waals surface area contributed by atoms with Gasteiger partial charge < -0.3 is 16.0 Å². The van der Waals surface area contributed by atoms with Crippen LogP contribution in [0.15, 0.2) is 12.3 Å². The van der Waals surface area contributed by atoms with Crippen molar-refractivity contribution in [1.29, 1.82) is 0 Å². The highest BCUT2D eigenvalue weighted by molar-refractivity contribution is 5.92. The number of hydrogen-bond donors (Lipinski definition) is 2. The summed E-state index contributed by atoms with van der Waals surface area (Å²) in [6.45, 7) is 3.91. The first kappa shape index (κ1) is 11.9. The molecule has 0 radical (unpaired) electrons. The molecule has 2 rings (SSSR count). The molecular weight excluding hydrogens is 216 g/mol. The van der Waals surface area contributed by atoms with Gasteiger partial charge in [0.2, 0.25) is 0 Å². The highest BCUT2D eigenvalue weighted by Gasteiger charge is 2.20. The lowest BCUT2D eigenvalue weighted by atomic mass is 10.1. The largest absolute Gasteiger partial charge is 0.369 e. The van der Waals surface area contributed by atoms with Gasteiger partial charge in [-0.2, -0.15) is 0 Å². The third-order valence-electron chi connectivity index (χ3n) is 3.29. The van der Waals surface area contributed by atoms with Crippen LogP contribution in [0.4, 0.5) is 5.69 Å². The van der Waals surface area contributed by atoms with E-state index < -0.39 is 5.91 Å². The molecule has 1 amide bonds. The fraction of sp³-hybridized carbons (Fsp3) is 0.500. The van der Waals surface area contributed by atoms with E-state index in [9.17, 15) is 4.79 Å². The molecule has 1 atom stereocenters. The second-order valence-corrected chi connectivity index (χ2v) is 4.48. The zero-order valence-corrected chi connectivity index (χ0v) is 10.2. The summed E-state index contributed by atoms with van der Waals surface area (Å²) in [5, 5.41) is 3.33. The molecule has 3 N–H and O–H groups in total. The van der Waals surface area contributed by atoms with E-state index in [0.29, 0.717) is 11.7 Å². The molecule has 2 heterocycles. The Balaban J connectivity index is 2.21. The fourth-order valence-corrected chi connectivity index (χ4v) is 2.19.